The van der Waals surface area contributed by atoms with Gasteiger partial charge >= 0.3 is 39.5 Å². The van der Waals surface area contributed by atoms with Gasteiger partial charge in [-0.3, -0.25) is 37.3 Å². The largest absolute Gasteiger partial charge is 0.472 e. The maximum absolute atomic E-state index is 13.1. The molecule has 0 aromatic rings. The lowest BCUT2D eigenvalue weighted by atomic mass is 10.1. The van der Waals surface area contributed by atoms with Gasteiger partial charge in [0.25, 0.3) is 0 Å². The standard InChI is InChI=1S/C83H136O17P2/c1-5-9-13-17-21-25-29-33-35-37-38-40-42-46-48-52-56-60-64-68-81(86)94-74-79(100-83(88)70-66-62-58-54-50-44-32-28-24-20-16-12-8-4)76-98-102(91,92)96-72-77(84)71-95-101(89,90)97-75-78(99-82(87)69-65-61-57-53-49-43-31-27-23-19-15-11-7-3)73-93-80(85)67-63-59-55-51-47-45-41-39-36-34-30-26-22-18-14-10-6-2/h9-10,13-16,19-22,25-28,31-36,38,40-41,45,51,55,77-79,84H,5-8,11-12,17-18,23-24,29-30,37,39,42-44,46-50,52-54,56-76H2,1-4H3,(H,89,90)(H,91,92)/b13-9-,14-10-,19-15-,20-16-,25-21-,26-22-,31-27-,32-28-,35-33-,36-34-,40-38-,45-41-,55-51-. The zero-order valence-electron chi connectivity index (χ0n) is 63.2. The van der Waals surface area contributed by atoms with Gasteiger partial charge in [-0.2, -0.15) is 0 Å². The number of aliphatic hydroxyl groups excluding tert-OH is 1. The minimum atomic E-state index is -5.00. The number of hydrogen-bond donors (Lipinski definition) is 3. The molecule has 0 aliphatic rings. The fraction of sp³-hybridized carbons (Fsp3) is 0.639. The Hall–Kier alpha value is -5.32. The van der Waals surface area contributed by atoms with Crippen molar-refractivity contribution in [3.63, 3.8) is 0 Å². The molecule has 0 aromatic heterocycles. The lowest BCUT2D eigenvalue weighted by molar-refractivity contribution is -0.161. The van der Waals surface area contributed by atoms with Crippen LogP contribution < -0.4 is 0 Å². The predicted octanol–water partition coefficient (Wildman–Crippen LogP) is 22.4. The number of allylic oxidation sites excluding steroid dienone is 26. The van der Waals surface area contributed by atoms with E-state index in [1.165, 1.54) is 0 Å². The van der Waals surface area contributed by atoms with E-state index in [1.807, 2.05) is 12.2 Å². The fourth-order valence-corrected chi connectivity index (χ4v) is 11.2. The van der Waals surface area contributed by atoms with Crippen LogP contribution in [0.1, 0.15) is 285 Å². The van der Waals surface area contributed by atoms with Crippen LogP contribution >= 0.6 is 15.6 Å². The van der Waals surface area contributed by atoms with Crippen LogP contribution in [0.4, 0.5) is 0 Å². The van der Waals surface area contributed by atoms with Gasteiger partial charge in [0.05, 0.1) is 26.4 Å². The number of unbranched alkanes of at least 4 members (excludes halogenated alkanes) is 19. The number of ether oxygens (including phenoxy) is 4. The van der Waals surface area contributed by atoms with Crippen LogP contribution in [0.15, 0.2) is 158 Å². The first kappa shape index (κ1) is 96.7. The Balaban J connectivity index is 5.41. The van der Waals surface area contributed by atoms with Crippen molar-refractivity contribution in [2.24, 2.45) is 0 Å². The minimum Gasteiger partial charge on any atom is -0.462 e. The molecular weight excluding hydrogens is 1330 g/mol. The third kappa shape index (κ3) is 73.0. The molecule has 0 radical (unpaired) electrons. The van der Waals surface area contributed by atoms with E-state index in [4.69, 9.17) is 37.0 Å². The van der Waals surface area contributed by atoms with Crippen molar-refractivity contribution in [1.29, 1.82) is 0 Å². The predicted molar refractivity (Wildman–Crippen MR) is 417 cm³/mol. The van der Waals surface area contributed by atoms with Crippen LogP contribution in [0.2, 0.25) is 0 Å². The Morgan fingerprint density at radius 3 is 0.824 bits per heavy atom. The molecule has 0 saturated heterocycles. The van der Waals surface area contributed by atoms with Crippen molar-refractivity contribution in [3.05, 3.63) is 158 Å². The molecule has 5 unspecified atom stereocenters. The Kier molecular flexibility index (Phi) is 70.1. The van der Waals surface area contributed by atoms with Crippen molar-refractivity contribution < 1.29 is 80.2 Å². The summed E-state index contributed by atoms with van der Waals surface area (Å²) in [4.78, 5) is 72.9. The van der Waals surface area contributed by atoms with Gasteiger partial charge in [-0.1, -0.05) is 263 Å². The maximum Gasteiger partial charge on any atom is 0.472 e. The number of aliphatic hydroxyl groups is 1. The Labute approximate surface area is 617 Å². The van der Waals surface area contributed by atoms with Gasteiger partial charge in [0, 0.05) is 25.7 Å². The third-order valence-electron chi connectivity index (χ3n) is 15.4. The first-order chi connectivity index (χ1) is 49.7. The molecule has 0 amide bonds. The van der Waals surface area contributed by atoms with Gasteiger partial charge in [0.1, 0.15) is 19.3 Å². The number of esters is 4. The maximum atomic E-state index is 13.1. The Morgan fingerprint density at radius 2 is 0.520 bits per heavy atom. The summed E-state index contributed by atoms with van der Waals surface area (Å²) in [6, 6.07) is 0. The highest BCUT2D eigenvalue weighted by molar-refractivity contribution is 7.47. The highest BCUT2D eigenvalue weighted by Gasteiger charge is 2.30. The van der Waals surface area contributed by atoms with Crippen molar-refractivity contribution in [1.82, 2.24) is 0 Å². The quantitative estimate of drug-likeness (QED) is 0.0169. The van der Waals surface area contributed by atoms with E-state index in [-0.39, 0.29) is 25.7 Å². The summed E-state index contributed by atoms with van der Waals surface area (Å²) >= 11 is 0. The van der Waals surface area contributed by atoms with Crippen LogP contribution in [-0.2, 0) is 65.4 Å². The van der Waals surface area contributed by atoms with E-state index in [1.54, 1.807) is 0 Å². The summed E-state index contributed by atoms with van der Waals surface area (Å²) < 4.78 is 68.4. The summed E-state index contributed by atoms with van der Waals surface area (Å²) in [5.74, 6) is -2.30. The van der Waals surface area contributed by atoms with E-state index < -0.39 is 97.5 Å². The molecule has 3 N–H and O–H groups in total. The van der Waals surface area contributed by atoms with Crippen molar-refractivity contribution in [2.75, 3.05) is 39.6 Å². The smallest absolute Gasteiger partial charge is 0.462 e. The molecule has 580 valence electrons. The number of hydrogen-bond acceptors (Lipinski definition) is 15. The van der Waals surface area contributed by atoms with Crippen molar-refractivity contribution in [3.8, 4) is 0 Å². The molecular formula is C83H136O17P2. The zero-order valence-corrected chi connectivity index (χ0v) is 65.0. The summed E-state index contributed by atoms with van der Waals surface area (Å²) in [7, 11) is -9.99. The number of carbonyl (C=O) groups excluding carboxylic acids is 4. The molecule has 0 rings (SSSR count). The van der Waals surface area contributed by atoms with Crippen molar-refractivity contribution in [2.45, 2.75) is 303 Å². The highest BCUT2D eigenvalue weighted by atomic mass is 31.2. The lowest BCUT2D eigenvalue weighted by Gasteiger charge is -2.21. The number of phosphoric acid groups is 2. The molecule has 0 aromatic carbocycles. The summed E-state index contributed by atoms with van der Waals surface area (Å²) in [6.07, 6.45) is 85.2. The molecule has 0 heterocycles. The summed E-state index contributed by atoms with van der Waals surface area (Å²) in [5, 5.41) is 10.6. The monoisotopic (exact) mass is 1470 g/mol. The number of rotatable bonds is 71. The first-order valence-corrected chi connectivity index (χ1v) is 41.7. The van der Waals surface area contributed by atoms with Gasteiger partial charge in [0.2, 0.25) is 0 Å². The van der Waals surface area contributed by atoms with E-state index in [9.17, 15) is 43.2 Å². The topological polar surface area (TPSA) is 237 Å². The van der Waals surface area contributed by atoms with Crippen LogP contribution in [0.3, 0.4) is 0 Å². The molecule has 0 aliphatic heterocycles. The normalized spacial score (nSPS) is 14.8. The SMILES string of the molecule is CC/C=C\C/C=C\C/C=C\C/C=C\C/C=C\CCCC(=O)OCC(COP(=O)(O)OCC(O)COP(=O)(O)OCC(COC(=O)CCCCCCCC/C=C\C/C=C\C/C=C\C/C=C\CC)OC(=O)CCCCCCC/C=C\C/C=C\CCC)OC(=O)CCCCCCC/C=C\C/C=C\CCC. The van der Waals surface area contributed by atoms with Gasteiger partial charge < -0.3 is 33.8 Å². The molecule has 19 heteroatoms. The third-order valence-corrected chi connectivity index (χ3v) is 17.3. The molecule has 17 nitrogen and oxygen atoms in total. The van der Waals surface area contributed by atoms with Crippen LogP contribution in [0.5, 0.6) is 0 Å². The van der Waals surface area contributed by atoms with Gasteiger partial charge in [0.15, 0.2) is 12.2 Å². The minimum absolute atomic E-state index is 0.0612. The highest BCUT2D eigenvalue weighted by Crippen LogP contribution is 2.45. The Morgan fingerprint density at radius 1 is 0.284 bits per heavy atom. The number of carbonyl (C=O) groups is 4. The van der Waals surface area contributed by atoms with Gasteiger partial charge in [-0.05, 0) is 154 Å². The molecule has 0 aliphatic carbocycles. The van der Waals surface area contributed by atoms with E-state index in [0.29, 0.717) is 32.1 Å². The van der Waals surface area contributed by atoms with Gasteiger partial charge in [-0.25, -0.2) is 9.13 Å². The molecule has 102 heavy (non-hydrogen) atoms. The second-order valence-corrected chi connectivity index (χ2v) is 28.1. The van der Waals surface area contributed by atoms with Crippen LogP contribution in [-0.4, -0.2) is 96.7 Å². The molecule has 0 fully saturated rings. The average molecular weight is 1470 g/mol. The summed E-state index contributed by atoms with van der Waals surface area (Å²) in [5.41, 5.74) is 0. The number of phosphoric ester groups is 2. The Bertz CT molecular complexity index is 2550. The van der Waals surface area contributed by atoms with E-state index in [0.717, 1.165) is 199 Å². The molecule has 0 saturated carbocycles. The van der Waals surface area contributed by atoms with E-state index >= 15 is 0 Å². The molecule has 0 spiro atoms. The molecule has 0 bridgehead atoms. The van der Waals surface area contributed by atoms with E-state index in [2.05, 4.69) is 174 Å². The first-order valence-electron chi connectivity index (χ1n) is 38.7. The second kappa shape index (κ2) is 74.0. The average Bonchev–Trinajstić information content (AvgIpc) is 0.907. The molecule has 5 atom stereocenters. The van der Waals surface area contributed by atoms with Crippen LogP contribution in [0.25, 0.3) is 0 Å². The summed E-state index contributed by atoms with van der Waals surface area (Å²) in [6.45, 7) is 4.38. The van der Waals surface area contributed by atoms with Gasteiger partial charge in [-0.15, -0.1) is 0 Å². The van der Waals surface area contributed by atoms with Crippen LogP contribution in [0, 0.1) is 0 Å². The van der Waals surface area contributed by atoms with Crippen molar-refractivity contribution >= 4 is 39.5 Å². The fourth-order valence-electron chi connectivity index (χ4n) is 9.62. The lowest BCUT2D eigenvalue weighted by Crippen LogP contribution is -2.30. The zero-order chi connectivity index (χ0) is 74.6. The second-order valence-electron chi connectivity index (χ2n) is 25.2.